The van der Waals surface area contributed by atoms with Gasteiger partial charge in [-0.1, -0.05) is 38.2 Å². The number of allylic oxidation sites excluding steroid dienone is 1. The van der Waals surface area contributed by atoms with Crippen molar-refractivity contribution in [2.45, 2.75) is 44.4 Å². The topological polar surface area (TPSA) is 0 Å². The summed E-state index contributed by atoms with van der Waals surface area (Å²) in [6, 6.07) is 0. The number of hydrogen-bond acceptors (Lipinski definition) is 1. The Balaban J connectivity index is 2.35. The van der Waals surface area contributed by atoms with Crippen molar-refractivity contribution in [2.24, 2.45) is 0 Å². The number of benzene rings is 1. The molecule has 0 saturated carbocycles. The summed E-state index contributed by atoms with van der Waals surface area (Å²) >= 11 is 2.03. The van der Waals surface area contributed by atoms with Crippen molar-refractivity contribution in [3.05, 3.63) is 40.0 Å². The zero-order chi connectivity index (χ0) is 12.5. The van der Waals surface area contributed by atoms with Crippen LogP contribution in [0.5, 0.6) is 0 Å². The fourth-order valence-electron chi connectivity index (χ4n) is 3.24. The van der Waals surface area contributed by atoms with E-state index < -0.39 is 0 Å². The highest BCUT2D eigenvalue weighted by atomic mass is 32.2. The Labute approximate surface area is 114 Å². The van der Waals surface area contributed by atoms with Crippen molar-refractivity contribution in [1.29, 1.82) is 0 Å². The highest BCUT2D eigenvalue weighted by Crippen LogP contribution is 2.41. The summed E-state index contributed by atoms with van der Waals surface area (Å²) < 4.78 is 0. The van der Waals surface area contributed by atoms with E-state index in [4.69, 9.17) is 0 Å². The molecule has 1 aromatic rings. The molecule has 0 amide bonds. The van der Waals surface area contributed by atoms with Gasteiger partial charge in [-0.3, -0.25) is 0 Å². The molecule has 1 heterocycles. The first-order valence-electron chi connectivity index (χ1n) is 7.03. The lowest BCUT2D eigenvalue weighted by atomic mass is 9.84. The number of hydrogen-bond donors (Lipinski definition) is 0. The zero-order valence-corrected chi connectivity index (χ0v) is 12.1. The van der Waals surface area contributed by atoms with Gasteiger partial charge in [-0.2, -0.15) is 0 Å². The Morgan fingerprint density at radius 1 is 1.00 bits per heavy atom. The Bertz CT molecular complexity index is 492. The minimum absolute atomic E-state index is 1.14. The minimum Gasteiger partial charge on any atom is -0.121 e. The lowest BCUT2D eigenvalue weighted by Gasteiger charge is -2.26. The quantitative estimate of drug-likeness (QED) is 0.726. The van der Waals surface area contributed by atoms with Gasteiger partial charge in [0, 0.05) is 10.6 Å². The lowest BCUT2D eigenvalue weighted by molar-refractivity contribution is 0.907. The number of thioether (sulfide) groups is 1. The molecule has 0 unspecified atom stereocenters. The molecule has 1 heteroatoms. The highest BCUT2D eigenvalue weighted by molar-refractivity contribution is 7.99. The van der Waals surface area contributed by atoms with Gasteiger partial charge >= 0.3 is 0 Å². The van der Waals surface area contributed by atoms with E-state index >= 15 is 0 Å². The Morgan fingerprint density at radius 2 is 1.78 bits per heavy atom. The molecule has 2 aliphatic rings. The molecular formula is C17H20S. The van der Waals surface area contributed by atoms with Crippen LogP contribution < -0.4 is 0 Å². The fourth-order valence-corrected chi connectivity index (χ4v) is 4.38. The van der Waals surface area contributed by atoms with Gasteiger partial charge in [0.1, 0.15) is 0 Å². The van der Waals surface area contributed by atoms with Crippen LogP contribution >= 0.6 is 11.8 Å². The smallest absolute Gasteiger partial charge is 0.0185 e. The number of fused-ring (bicyclic) bond motifs is 2. The Hall–Kier alpha value is -0.950. The molecule has 1 aliphatic heterocycles. The van der Waals surface area contributed by atoms with Gasteiger partial charge in [0.05, 0.1) is 0 Å². The molecule has 3 rings (SSSR count). The first-order chi connectivity index (χ1) is 8.86. The lowest BCUT2D eigenvalue weighted by Crippen LogP contribution is -2.09. The maximum atomic E-state index is 2.37. The van der Waals surface area contributed by atoms with Gasteiger partial charge in [0.25, 0.3) is 0 Å². The van der Waals surface area contributed by atoms with Crippen LogP contribution in [0, 0.1) is 0 Å². The summed E-state index contributed by atoms with van der Waals surface area (Å²) in [5.41, 5.74) is 7.87. The van der Waals surface area contributed by atoms with Gasteiger partial charge in [-0.15, -0.1) is 11.8 Å². The van der Waals surface area contributed by atoms with Crippen LogP contribution in [0.25, 0.3) is 12.2 Å². The molecule has 18 heavy (non-hydrogen) atoms. The van der Waals surface area contributed by atoms with E-state index in [0.717, 1.165) is 12.2 Å². The van der Waals surface area contributed by atoms with Crippen molar-refractivity contribution < 1.29 is 0 Å². The average molecular weight is 256 g/mol. The molecule has 0 atom stereocenters. The standard InChI is InChI=1S/C17H20S/c1-3-12-14-8-5-6-9-15(14)13(4-2)17-16(12)10-7-11-18-17/h5,7-8,10H,3-4,6,9,11H2,1-2H3. The van der Waals surface area contributed by atoms with E-state index in [-0.39, 0.29) is 0 Å². The van der Waals surface area contributed by atoms with Crippen molar-refractivity contribution >= 4 is 23.9 Å². The molecule has 0 nitrogen and oxygen atoms in total. The first-order valence-corrected chi connectivity index (χ1v) is 8.01. The molecule has 0 radical (unpaired) electrons. The molecule has 0 N–H and O–H groups in total. The second-order valence-electron chi connectivity index (χ2n) is 4.95. The Morgan fingerprint density at radius 3 is 2.56 bits per heavy atom. The van der Waals surface area contributed by atoms with E-state index in [2.05, 4.69) is 38.2 Å². The van der Waals surface area contributed by atoms with E-state index in [1.165, 1.54) is 30.4 Å². The molecule has 0 saturated heterocycles. The van der Waals surface area contributed by atoms with Gasteiger partial charge in [0.15, 0.2) is 0 Å². The fraction of sp³-hybridized carbons (Fsp3) is 0.412. The molecule has 1 aromatic carbocycles. The van der Waals surface area contributed by atoms with E-state index in [1.807, 2.05) is 11.8 Å². The van der Waals surface area contributed by atoms with E-state index in [9.17, 15) is 0 Å². The van der Waals surface area contributed by atoms with E-state index in [1.54, 1.807) is 21.6 Å². The molecule has 0 aromatic heterocycles. The van der Waals surface area contributed by atoms with Gasteiger partial charge < -0.3 is 0 Å². The van der Waals surface area contributed by atoms with Crippen molar-refractivity contribution in [3.8, 4) is 0 Å². The maximum absolute atomic E-state index is 2.37. The maximum Gasteiger partial charge on any atom is 0.0185 e. The largest absolute Gasteiger partial charge is 0.121 e. The zero-order valence-electron chi connectivity index (χ0n) is 11.3. The summed E-state index contributed by atoms with van der Waals surface area (Å²) in [5, 5.41) is 0. The third kappa shape index (κ3) is 1.76. The van der Waals surface area contributed by atoms with Crippen LogP contribution in [0.1, 0.15) is 48.1 Å². The van der Waals surface area contributed by atoms with Crippen LogP contribution in [0.3, 0.4) is 0 Å². The number of rotatable bonds is 2. The molecule has 1 aliphatic carbocycles. The second kappa shape index (κ2) is 4.97. The minimum atomic E-state index is 1.14. The summed E-state index contributed by atoms with van der Waals surface area (Å²) in [6.45, 7) is 4.59. The van der Waals surface area contributed by atoms with E-state index in [0.29, 0.717) is 0 Å². The summed E-state index contributed by atoms with van der Waals surface area (Å²) in [5.74, 6) is 1.14. The third-order valence-electron chi connectivity index (χ3n) is 4.02. The predicted octanol–water partition coefficient (Wildman–Crippen LogP) is 4.89. The van der Waals surface area contributed by atoms with Crippen LogP contribution in [-0.4, -0.2) is 5.75 Å². The van der Waals surface area contributed by atoms with Gasteiger partial charge in [-0.25, -0.2) is 0 Å². The summed E-state index contributed by atoms with van der Waals surface area (Å²) in [7, 11) is 0. The molecule has 0 bridgehead atoms. The van der Waals surface area contributed by atoms with Crippen LogP contribution in [-0.2, 0) is 19.3 Å². The average Bonchev–Trinajstić information content (AvgIpc) is 2.44. The third-order valence-corrected chi connectivity index (χ3v) is 5.13. The van der Waals surface area contributed by atoms with Gasteiger partial charge in [-0.05, 0) is 53.5 Å². The molecule has 0 fully saturated rings. The monoisotopic (exact) mass is 256 g/mol. The summed E-state index contributed by atoms with van der Waals surface area (Å²) in [6.07, 6.45) is 14.1. The molecule has 0 spiro atoms. The SMILES string of the molecule is CCc1c2c(c(CC)c3c1C=CCS3)CCC=C2. The Kier molecular flexibility index (Phi) is 3.34. The highest BCUT2D eigenvalue weighted by Gasteiger charge is 2.21. The van der Waals surface area contributed by atoms with Crippen LogP contribution in [0.4, 0.5) is 0 Å². The molecule has 94 valence electrons. The normalized spacial score (nSPS) is 16.6. The summed E-state index contributed by atoms with van der Waals surface area (Å²) in [4.78, 5) is 1.57. The van der Waals surface area contributed by atoms with Crippen molar-refractivity contribution in [1.82, 2.24) is 0 Å². The van der Waals surface area contributed by atoms with Crippen molar-refractivity contribution in [3.63, 3.8) is 0 Å². The first kappa shape index (κ1) is 12.1. The van der Waals surface area contributed by atoms with Crippen LogP contribution in [0.2, 0.25) is 0 Å². The van der Waals surface area contributed by atoms with Gasteiger partial charge in [0.2, 0.25) is 0 Å². The van der Waals surface area contributed by atoms with Crippen LogP contribution in [0.15, 0.2) is 17.0 Å². The predicted molar refractivity (Wildman–Crippen MR) is 82.3 cm³/mol. The second-order valence-corrected chi connectivity index (χ2v) is 5.98. The van der Waals surface area contributed by atoms with Crippen molar-refractivity contribution in [2.75, 3.05) is 5.75 Å². The molecular weight excluding hydrogens is 236 g/mol.